The summed E-state index contributed by atoms with van der Waals surface area (Å²) < 4.78 is 0. The number of hydrogen-bond acceptors (Lipinski definition) is 6. The Morgan fingerprint density at radius 2 is 0.786 bits per heavy atom. The number of rotatable bonds is 3. The van der Waals surface area contributed by atoms with E-state index in [1.165, 1.54) is 0 Å². The van der Waals surface area contributed by atoms with Gasteiger partial charge in [0.1, 0.15) is 0 Å². The Labute approximate surface area is 118 Å². The van der Waals surface area contributed by atoms with Crippen molar-refractivity contribution in [2.75, 3.05) is 13.1 Å². The summed E-state index contributed by atoms with van der Waals surface area (Å²) in [6.07, 6.45) is 2.13. The molecule has 16 N–H and O–H groups in total. The summed E-state index contributed by atoms with van der Waals surface area (Å²) in [5.74, 6) is 0. The van der Waals surface area contributed by atoms with Crippen LogP contribution in [0.3, 0.4) is 0 Å². The van der Waals surface area contributed by atoms with Gasteiger partial charge < -0.3 is 36.1 Å². The van der Waals surface area contributed by atoms with Crippen molar-refractivity contribution < 1.29 is 37.5 Å². The molecule has 0 saturated carbocycles. The van der Waals surface area contributed by atoms with Gasteiger partial charge in [0.25, 0.3) is 0 Å². The molecule has 6 nitrogen and oxygen atoms in total. The molecule has 0 aliphatic carbocycles. The topological polar surface area (TPSA) is 192 Å². The molecule has 0 aliphatic heterocycles. The van der Waals surface area contributed by atoms with Crippen molar-refractivity contribution in [3.63, 3.8) is 0 Å². The standard InChI is InChI=1S/C4H12N2.2ClH.4H3N.2Pt/c5-3-1-2-4-6;;;;;;;;/h1-6H2;2*1H;4*1H3;;/q;;;;;;;2*+1/p-2. The van der Waals surface area contributed by atoms with Crippen molar-refractivity contribution in [1.82, 2.24) is 24.6 Å². The third-order valence-electron chi connectivity index (χ3n) is 0.658. The van der Waals surface area contributed by atoms with Crippen molar-refractivity contribution in [2.45, 2.75) is 12.8 Å². The van der Waals surface area contributed by atoms with Gasteiger partial charge in [-0.3, -0.25) is 0 Å². The fraction of sp³-hybridized carbons (Fsp3) is 1.00. The molecule has 0 rings (SSSR count). The van der Waals surface area contributed by atoms with Gasteiger partial charge >= 0.3 is 56.4 Å². The summed E-state index contributed by atoms with van der Waals surface area (Å²) in [5, 5.41) is 0. The van der Waals surface area contributed by atoms with Crippen LogP contribution in [-0.4, -0.2) is 13.1 Å². The van der Waals surface area contributed by atoms with Crippen LogP contribution in [0.5, 0.6) is 0 Å². The van der Waals surface area contributed by atoms with Crippen molar-refractivity contribution in [3.05, 3.63) is 0 Å². The predicted molar refractivity (Wildman–Crippen MR) is 59.1 cm³/mol. The van der Waals surface area contributed by atoms with E-state index in [1.807, 2.05) is 0 Å². The molecule has 14 heavy (non-hydrogen) atoms. The van der Waals surface area contributed by atoms with E-state index in [0.717, 1.165) is 25.9 Å². The minimum atomic E-state index is 0. The summed E-state index contributed by atoms with van der Waals surface area (Å²) in [6.45, 7) is 1.55. The zero-order chi connectivity index (χ0) is 8.83. The van der Waals surface area contributed by atoms with E-state index in [2.05, 4.69) is 18.8 Å². The van der Waals surface area contributed by atoms with E-state index in [9.17, 15) is 0 Å². The fourth-order valence-electron chi connectivity index (χ4n) is 0.289. The van der Waals surface area contributed by atoms with E-state index in [4.69, 9.17) is 11.5 Å². The molecule has 0 aromatic heterocycles. The van der Waals surface area contributed by atoms with Gasteiger partial charge in [-0.2, -0.15) is 0 Å². The molecule has 0 aromatic rings. The van der Waals surface area contributed by atoms with Gasteiger partial charge in [0, 0.05) is 0 Å². The van der Waals surface area contributed by atoms with E-state index in [0.29, 0.717) is 0 Å². The van der Waals surface area contributed by atoms with E-state index >= 15 is 0 Å². The van der Waals surface area contributed by atoms with Crippen LogP contribution in [0.2, 0.25) is 0 Å². The van der Waals surface area contributed by atoms with Crippen LogP contribution in [0.4, 0.5) is 0 Å². The van der Waals surface area contributed by atoms with Crippen LogP contribution >= 0.6 is 18.8 Å². The Bertz CT molecular complexity index is 37.8. The number of nitrogens with two attached hydrogens (primary N) is 2. The van der Waals surface area contributed by atoms with Crippen LogP contribution in [0, 0.1) is 0 Å². The van der Waals surface area contributed by atoms with Crippen molar-refractivity contribution in [3.8, 4) is 0 Å². The molecule has 0 aromatic carbocycles. The first-order chi connectivity index (χ1) is 4.91. The van der Waals surface area contributed by atoms with E-state index < -0.39 is 0 Å². The first kappa shape index (κ1) is 44.8. The summed E-state index contributed by atoms with van der Waals surface area (Å²) >= 11 is 3.22. The molecule has 0 heterocycles. The van der Waals surface area contributed by atoms with Crippen LogP contribution < -0.4 is 36.1 Å². The summed E-state index contributed by atoms with van der Waals surface area (Å²) in [4.78, 5) is 0. The molecule has 0 saturated heterocycles. The van der Waals surface area contributed by atoms with Gasteiger partial charge in [0.15, 0.2) is 0 Å². The Morgan fingerprint density at radius 1 is 0.643 bits per heavy atom. The van der Waals surface area contributed by atoms with Crippen LogP contribution in [0.25, 0.3) is 0 Å². The second kappa shape index (κ2) is 84.7. The fourth-order valence-corrected chi connectivity index (χ4v) is 0.289. The summed E-state index contributed by atoms with van der Waals surface area (Å²) in [7, 11) is 9.22. The number of hydrogen-bond donors (Lipinski definition) is 6. The molecule has 104 valence electrons. The van der Waals surface area contributed by atoms with Crippen LogP contribution in [0.1, 0.15) is 12.8 Å². The molecule has 0 radical (unpaired) electrons. The molecular formula is C4H24Cl2N6Pt2. The van der Waals surface area contributed by atoms with Crippen LogP contribution in [-0.2, 0) is 37.5 Å². The molecule has 0 atom stereocenters. The zero-order valence-electron chi connectivity index (χ0n) is 8.20. The maximum absolute atomic E-state index is 5.16. The summed E-state index contributed by atoms with van der Waals surface area (Å²) in [5.41, 5.74) is 10.3. The number of halogens is 2. The Balaban J connectivity index is -0.0000000111. The second-order valence-corrected chi connectivity index (χ2v) is 1.28. The molecule has 0 unspecified atom stereocenters. The van der Waals surface area contributed by atoms with Crippen molar-refractivity contribution in [2.24, 2.45) is 11.5 Å². The average Bonchev–Trinajstić information content (AvgIpc) is 2.08. The molecule has 0 spiro atoms. The van der Waals surface area contributed by atoms with Gasteiger partial charge in [-0.05, 0) is 25.9 Å². The van der Waals surface area contributed by atoms with Crippen molar-refractivity contribution >= 4 is 18.8 Å². The molecular weight excluding hydrogens is 593 g/mol. The molecule has 0 fully saturated rings. The first-order valence-electron chi connectivity index (χ1n) is 2.56. The predicted octanol–water partition coefficient (Wildman–Crippen LogP) is 1.71. The van der Waals surface area contributed by atoms with Gasteiger partial charge in [-0.15, -0.1) is 0 Å². The van der Waals surface area contributed by atoms with Gasteiger partial charge in [0.05, 0.1) is 0 Å². The molecule has 10 heteroatoms. The minimum absolute atomic E-state index is 0. The quantitative estimate of drug-likeness (QED) is 0.261. The summed E-state index contributed by atoms with van der Waals surface area (Å²) in [6, 6.07) is 0. The maximum atomic E-state index is 5.16. The zero-order valence-corrected chi connectivity index (χ0v) is 14.3. The number of unbranched alkanes of at least 4 members (excludes halogenated alkanes) is 1. The third-order valence-corrected chi connectivity index (χ3v) is 0.658. The second-order valence-electron chi connectivity index (χ2n) is 1.28. The van der Waals surface area contributed by atoms with Gasteiger partial charge in [0.2, 0.25) is 0 Å². The molecule has 0 bridgehead atoms. The molecule has 0 aliphatic rings. The first-order valence-corrected chi connectivity index (χ1v) is 8.19. The van der Waals surface area contributed by atoms with E-state index in [-0.39, 0.29) is 24.6 Å². The van der Waals surface area contributed by atoms with Gasteiger partial charge in [-0.1, -0.05) is 0 Å². The van der Waals surface area contributed by atoms with Crippen molar-refractivity contribution in [1.29, 1.82) is 0 Å². The van der Waals surface area contributed by atoms with Gasteiger partial charge in [-0.25, -0.2) is 0 Å². The Morgan fingerprint density at radius 3 is 0.857 bits per heavy atom. The monoisotopic (exact) mass is 616 g/mol. The third kappa shape index (κ3) is 99.7. The molecule has 0 amide bonds. The SMILES string of the molecule is N.N.N.N.NCCCCN.[Cl][Pt].[Cl][Pt]. The Kier molecular flexibility index (Phi) is 271. The normalized spacial score (nSPS) is 4.86. The van der Waals surface area contributed by atoms with Crippen LogP contribution in [0.15, 0.2) is 0 Å². The van der Waals surface area contributed by atoms with E-state index in [1.54, 1.807) is 37.5 Å². The average molecular weight is 617 g/mol. The Hall–Kier alpha value is 1.72.